The van der Waals surface area contributed by atoms with Crippen molar-refractivity contribution < 1.29 is 4.74 Å². The Labute approximate surface area is 116 Å². The van der Waals surface area contributed by atoms with Gasteiger partial charge in [-0.1, -0.05) is 42.5 Å². The van der Waals surface area contributed by atoms with Crippen LogP contribution in [-0.4, -0.2) is 12.6 Å². The molecule has 2 rings (SSSR count). The van der Waals surface area contributed by atoms with Gasteiger partial charge >= 0.3 is 0 Å². The molecule has 0 aliphatic heterocycles. The number of para-hydroxylation sites is 1. The molecule has 0 aromatic heterocycles. The van der Waals surface area contributed by atoms with Crippen LogP contribution in [0.2, 0.25) is 0 Å². The van der Waals surface area contributed by atoms with Crippen LogP contribution in [0.4, 0.5) is 0 Å². The molecule has 0 amide bonds. The topological polar surface area (TPSA) is 35.2 Å². The fraction of sp³-hybridized carbons (Fsp3) is 0.200. The van der Waals surface area contributed by atoms with E-state index in [1.54, 1.807) is 0 Å². The van der Waals surface area contributed by atoms with Gasteiger partial charge < -0.3 is 10.5 Å². The largest absolute Gasteiger partial charge is 0.491 e. The second kappa shape index (κ2) is 6.57. The number of halogens is 1. The molecular weight excluding hydrogens is 290 g/mol. The van der Waals surface area contributed by atoms with Crippen LogP contribution < -0.4 is 10.5 Å². The third-order valence-electron chi connectivity index (χ3n) is 2.63. The minimum absolute atomic E-state index is 0.000457. The fourth-order valence-electron chi connectivity index (χ4n) is 1.73. The second-order valence-corrected chi connectivity index (χ2v) is 5.05. The number of rotatable bonds is 5. The van der Waals surface area contributed by atoms with E-state index in [1.807, 2.05) is 42.5 Å². The quantitative estimate of drug-likeness (QED) is 0.919. The van der Waals surface area contributed by atoms with Crippen molar-refractivity contribution in [3.8, 4) is 5.75 Å². The summed E-state index contributed by atoms with van der Waals surface area (Å²) in [5.74, 6) is 0.834. The van der Waals surface area contributed by atoms with E-state index in [1.165, 1.54) is 5.56 Å². The van der Waals surface area contributed by atoms with Crippen LogP contribution in [0, 0.1) is 0 Å². The van der Waals surface area contributed by atoms with Crippen molar-refractivity contribution in [2.75, 3.05) is 6.61 Å². The lowest BCUT2D eigenvalue weighted by atomic mass is 10.1. The summed E-state index contributed by atoms with van der Waals surface area (Å²) in [6, 6.07) is 18.0. The van der Waals surface area contributed by atoms with Crippen LogP contribution in [0.3, 0.4) is 0 Å². The van der Waals surface area contributed by atoms with Crippen molar-refractivity contribution in [3.63, 3.8) is 0 Å². The molecule has 0 heterocycles. The standard InChI is InChI=1S/C15H16BrNO/c16-14-8-4-5-9-15(14)18-11-13(17)10-12-6-2-1-3-7-12/h1-9,13H,10-11,17H2. The summed E-state index contributed by atoms with van der Waals surface area (Å²) < 4.78 is 6.65. The van der Waals surface area contributed by atoms with Gasteiger partial charge in [0, 0.05) is 6.04 Å². The highest BCUT2D eigenvalue weighted by atomic mass is 79.9. The Morgan fingerprint density at radius 1 is 1.00 bits per heavy atom. The lowest BCUT2D eigenvalue weighted by molar-refractivity contribution is 0.286. The van der Waals surface area contributed by atoms with Gasteiger partial charge in [0.2, 0.25) is 0 Å². The first kappa shape index (κ1) is 13.1. The molecule has 0 spiro atoms. The number of hydrogen-bond donors (Lipinski definition) is 1. The minimum Gasteiger partial charge on any atom is -0.491 e. The van der Waals surface area contributed by atoms with E-state index in [2.05, 4.69) is 28.1 Å². The van der Waals surface area contributed by atoms with E-state index >= 15 is 0 Å². The van der Waals surface area contributed by atoms with Crippen LogP contribution in [0.25, 0.3) is 0 Å². The second-order valence-electron chi connectivity index (χ2n) is 4.19. The van der Waals surface area contributed by atoms with Gasteiger partial charge in [0.25, 0.3) is 0 Å². The zero-order valence-corrected chi connectivity index (χ0v) is 11.6. The Kier molecular flexibility index (Phi) is 4.79. The molecule has 0 bridgehead atoms. The maximum Gasteiger partial charge on any atom is 0.133 e. The first-order valence-electron chi connectivity index (χ1n) is 5.92. The third-order valence-corrected chi connectivity index (χ3v) is 3.29. The van der Waals surface area contributed by atoms with E-state index < -0.39 is 0 Å². The van der Waals surface area contributed by atoms with Crippen LogP contribution >= 0.6 is 15.9 Å². The average molecular weight is 306 g/mol. The maximum atomic E-state index is 6.06. The van der Waals surface area contributed by atoms with Gasteiger partial charge in [-0.2, -0.15) is 0 Å². The van der Waals surface area contributed by atoms with E-state index in [4.69, 9.17) is 10.5 Å². The molecule has 0 aliphatic rings. The number of ether oxygens (including phenoxy) is 1. The molecule has 2 aromatic carbocycles. The number of hydrogen-bond acceptors (Lipinski definition) is 2. The predicted octanol–water partition coefficient (Wildman–Crippen LogP) is 3.40. The molecule has 1 unspecified atom stereocenters. The molecule has 0 fully saturated rings. The Morgan fingerprint density at radius 3 is 2.39 bits per heavy atom. The van der Waals surface area contributed by atoms with Crippen LogP contribution in [0.1, 0.15) is 5.56 Å². The first-order chi connectivity index (χ1) is 8.75. The molecule has 2 N–H and O–H groups in total. The van der Waals surface area contributed by atoms with Crippen LogP contribution in [0.15, 0.2) is 59.1 Å². The molecule has 2 aromatic rings. The van der Waals surface area contributed by atoms with E-state index in [-0.39, 0.29) is 6.04 Å². The highest BCUT2D eigenvalue weighted by Gasteiger charge is 2.06. The van der Waals surface area contributed by atoms with E-state index in [9.17, 15) is 0 Å². The molecule has 0 aliphatic carbocycles. The number of nitrogens with two attached hydrogens (primary N) is 1. The van der Waals surface area contributed by atoms with Gasteiger partial charge in [0.05, 0.1) is 4.47 Å². The van der Waals surface area contributed by atoms with Gasteiger partial charge in [-0.25, -0.2) is 0 Å². The third kappa shape index (κ3) is 3.86. The predicted molar refractivity (Wildman–Crippen MR) is 77.8 cm³/mol. The summed E-state index contributed by atoms with van der Waals surface area (Å²) in [5, 5.41) is 0. The molecular formula is C15H16BrNO. The SMILES string of the molecule is NC(COc1ccccc1Br)Cc1ccccc1. The van der Waals surface area contributed by atoms with Crippen molar-refractivity contribution in [2.24, 2.45) is 5.73 Å². The normalized spacial score (nSPS) is 12.1. The first-order valence-corrected chi connectivity index (χ1v) is 6.72. The molecule has 1 atom stereocenters. The van der Waals surface area contributed by atoms with Gasteiger partial charge in [0.1, 0.15) is 12.4 Å². The smallest absolute Gasteiger partial charge is 0.133 e. The zero-order valence-electron chi connectivity index (χ0n) is 10.1. The van der Waals surface area contributed by atoms with Crippen molar-refractivity contribution in [1.29, 1.82) is 0 Å². The Morgan fingerprint density at radius 2 is 1.67 bits per heavy atom. The monoisotopic (exact) mass is 305 g/mol. The van der Waals surface area contributed by atoms with Crippen molar-refractivity contribution in [1.82, 2.24) is 0 Å². The van der Waals surface area contributed by atoms with Crippen molar-refractivity contribution >= 4 is 15.9 Å². The van der Waals surface area contributed by atoms with Gasteiger partial charge in [0.15, 0.2) is 0 Å². The Bertz CT molecular complexity index is 487. The molecule has 0 saturated heterocycles. The summed E-state index contributed by atoms with van der Waals surface area (Å²) >= 11 is 3.45. The summed E-state index contributed by atoms with van der Waals surface area (Å²) in [6.07, 6.45) is 0.825. The summed E-state index contributed by atoms with van der Waals surface area (Å²) in [7, 11) is 0. The van der Waals surface area contributed by atoms with Gasteiger partial charge in [-0.15, -0.1) is 0 Å². The molecule has 0 saturated carbocycles. The van der Waals surface area contributed by atoms with E-state index in [0.29, 0.717) is 6.61 Å². The summed E-state index contributed by atoms with van der Waals surface area (Å²) in [6.45, 7) is 0.511. The maximum absolute atomic E-state index is 6.06. The Balaban J connectivity index is 1.86. The minimum atomic E-state index is -0.000457. The van der Waals surface area contributed by atoms with Gasteiger partial charge in [-0.05, 0) is 40.0 Å². The molecule has 18 heavy (non-hydrogen) atoms. The van der Waals surface area contributed by atoms with Crippen molar-refractivity contribution in [2.45, 2.75) is 12.5 Å². The lowest BCUT2D eigenvalue weighted by Crippen LogP contribution is -2.30. The zero-order chi connectivity index (χ0) is 12.8. The molecule has 0 radical (unpaired) electrons. The highest BCUT2D eigenvalue weighted by Crippen LogP contribution is 2.23. The van der Waals surface area contributed by atoms with Gasteiger partial charge in [-0.3, -0.25) is 0 Å². The summed E-state index contributed by atoms with van der Waals surface area (Å²) in [4.78, 5) is 0. The van der Waals surface area contributed by atoms with Crippen LogP contribution in [0.5, 0.6) is 5.75 Å². The number of benzene rings is 2. The average Bonchev–Trinajstić information content (AvgIpc) is 2.39. The summed E-state index contributed by atoms with van der Waals surface area (Å²) in [5.41, 5.74) is 7.30. The molecule has 3 heteroatoms. The van der Waals surface area contributed by atoms with E-state index in [0.717, 1.165) is 16.6 Å². The molecule has 94 valence electrons. The van der Waals surface area contributed by atoms with Crippen LogP contribution in [-0.2, 0) is 6.42 Å². The Hall–Kier alpha value is -1.32. The fourth-order valence-corrected chi connectivity index (χ4v) is 2.13. The molecule has 2 nitrogen and oxygen atoms in total. The van der Waals surface area contributed by atoms with Crippen molar-refractivity contribution in [3.05, 3.63) is 64.6 Å². The highest BCUT2D eigenvalue weighted by molar-refractivity contribution is 9.10. The lowest BCUT2D eigenvalue weighted by Gasteiger charge is -2.14.